The Balaban J connectivity index is 1.78. The maximum atomic E-state index is 9.19. The Labute approximate surface area is 139 Å². The van der Waals surface area contributed by atoms with Crippen LogP contribution in [-0.2, 0) is 5.41 Å². The van der Waals surface area contributed by atoms with Crippen LogP contribution in [0.1, 0.15) is 24.0 Å². The number of hydrogen-bond donors (Lipinski definition) is 2. The number of fused-ring (bicyclic) bond motifs is 3. The molecule has 5 rings (SSSR count). The van der Waals surface area contributed by atoms with E-state index < -0.39 is 0 Å². The van der Waals surface area contributed by atoms with Crippen molar-refractivity contribution in [3.05, 3.63) is 41.7 Å². The van der Waals surface area contributed by atoms with Crippen LogP contribution in [-0.4, -0.2) is 23.6 Å². The number of aromatic nitrogens is 2. The molecular weight excluding hydrogens is 300 g/mol. The van der Waals surface area contributed by atoms with Gasteiger partial charge in [0.1, 0.15) is 11.6 Å². The summed E-state index contributed by atoms with van der Waals surface area (Å²) in [6, 6.07) is 7.89. The average molecular weight is 316 g/mol. The number of ether oxygens (including phenoxy) is 1. The molecule has 1 spiro atoms. The van der Waals surface area contributed by atoms with Gasteiger partial charge in [-0.25, -0.2) is 4.98 Å². The third kappa shape index (κ3) is 1.65. The number of nitriles is 1. The molecule has 0 radical (unpaired) electrons. The van der Waals surface area contributed by atoms with E-state index in [1.807, 2.05) is 30.6 Å². The summed E-state index contributed by atoms with van der Waals surface area (Å²) in [5.74, 6) is 1.86. The molecule has 1 saturated carbocycles. The SMILES string of the molecule is COc1c(-c2c[nH]c3ccc(C#N)cc23)cnc2c1C1(CC1)CN2. The van der Waals surface area contributed by atoms with Crippen molar-refractivity contribution in [3.63, 3.8) is 0 Å². The Morgan fingerprint density at radius 3 is 2.92 bits per heavy atom. The molecule has 3 aromatic rings. The summed E-state index contributed by atoms with van der Waals surface area (Å²) in [5, 5.41) is 13.6. The molecule has 0 amide bonds. The summed E-state index contributed by atoms with van der Waals surface area (Å²) >= 11 is 0. The number of rotatable bonds is 2. The molecule has 0 saturated heterocycles. The molecule has 1 fully saturated rings. The minimum Gasteiger partial charge on any atom is -0.496 e. The predicted molar refractivity (Wildman–Crippen MR) is 92.2 cm³/mol. The van der Waals surface area contributed by atoms with Crippen molar-refractivity contribution in [2.75, 3.05) is 19.0 Å². The monoisotopic (exact) mass is 316 g/mol. The lowest BCUT2D eigenvalue weighted by atomic mass is 9.94. The van der Waals surface area contributed by atoms with Crippen LogP contribution < -0.4 is 10.1 Å². The van der Waals surface area contributed by atoms with Crippen LogP contribution in [0.3, 0.4) is 0 Å². The Morgan fingerprint density at radius 2 is 2.17 bits per heavy atom. The van der Waals surface area contributed by atoms with Crippen LogP contribution in [0.2, 0.25) is 0 Å². The van der Waals surface area contributed by atoms with E-state index in [-0.39, 0.29) is 5.41 Å². The van der Waals surface area contributed by atoms with E-state index >= 15 is 0 Å². The Hall–Kier alpha value is -3.00. The summed E-state index contributed by atoms with van der Waals surface area (Å²) in [6.45, 7) is 0.946. The number of H-pyrrole nitrogens is 1. The van der Waals surface area contributed by atoms with Crippen LogP contribution in [0.5, 0.6) is 5.75 Å². The first-order chi connectivity index (χ1) is 11.8. The first-order valence-electron chi connectivity index (χ1n) is 8.09. The molecule has 5 heteroatoms. The Morgan fingerprint density at radius 1 is 1.29 bits per heavy atom. The van der Waals surface area contributed by atoms with Gasteiger partial charge in [-0.3, -0.25) is 0 Å². The van der Waals surface area contributed by atoms with Gasteiger partial charge in [-0.1, -0.05) is 0 Å². The van der Waals surface area contributed by atoms with Crippen LogP contribution in [0, 0.1) is 11.3 Å². The molecule has 118 valence electrons. The topological polar surface area (TPSA) is 73.7 Å². The van der Waals surface area contributed by atoms with Crippen LogP contribution in [0.4, 0.5) is 5.82 Å². The van der Waals surface area contributed by atoms with Crippen molar-refractivity contribution in [2.24, 2.45) is 0 Å². The molecule has 1 aliphatic heterocycles. The predicted octanol–water partition coefficient (Wildman–Crippen LogP) is 3.57. The van der Waals surface area contributed by atoms with Gasteiger partial charge in [0.2, 0.25) is 0 Å². The van der Waals surface area contributed by atoms with E-state index in [0.29, 0.717) is 5.56 Å². The number of anilines is 1. The van der Waals surface area contributed by atoms with Crippen molar-refractivity contribution >= 4 is 16.7 Å². The quantitative estimate of drug-likeness (QED) is 0.758. The standard InChI is InChI=1S/C19H16N4O/c1-24-17-14(9-22-18-16(17)19(4-5-19)10-23-18)13-8-21-15-3-2-11(7-20)6-12(13)15/h2-3,6,8-9,21H,4-5,10H2,1H3,(H,22,23). The zero-order valence-corrected chi connectivity index (χ0v) is 13.3. The fourth-order valence-corrected chi connectivity index (χ4v) is 3.86. The van der Waals surface area contributed by atoms with E-state index in [9.17, 15) is 5.26 Å². The van der Waals surface area contributed by atoms with Crippen LogP contribution >= 0.6 is 0 Å². The number of nitrogens with zero attached hydrogens (tertiary/aromatic N) is 2. The second-order valence-corrected chi connectivity index (χ2v) is 6.64. The highest BCUT2D eigenvalue weighted by atomic mass is 16.5. The molecule has 24 heavy (non-hydrogen) atoms. The molecule has 2 N–H and O–H groups in total. The molecule has 0 unspecified atom stereocenters. The lowest BCUT2D eigenvalue weighted by Crippen LogP contribution is -2.09. The zero-order chi connectivity index (χ0) is 16.3. The van der Waals surface area contributed by atoms with Gasteiger partial charge < -0.3 is 15.0 Å². The van der Waals surface area contributed by atoms with Gasteiger partial charge in [0, 0.05) is 51.9 Å². The minimum atomic E-state index is 0.202. The van der Waals surface area contributed by atoms with E-state index in [1.54, 1.807) is 7.11 Å². The molecular formula is C19H16N4O. The number of benzene rings is 1. The number of methoxy groups -OCH3 is 1. The van der Waals surface area contributed by atoms with Crippen LogP contribution in [0.15, 0.2) is 30.6 Å². The maximum absolute atomic E-state index is 9.19. The number of aromatic amines is 1. The Bertz CT molecular complexity index is 1020. The van der Waals surface area contributed by atoms with Gasteiger partial charge in [-0.15, -0.1) is 0 Å². The van der Waals surface area contributed by atoms with Crippen molar-refractivity contribution in [2.45, 2.75) is 18.3 Å². The van der Waals surface area contributed by atoms with E-state index in [2.05, 4.69) is 21.4 Å². The highest BCUT2D eigenvalue weighted by Gasteiger charge is 2.52. The fraction of sp³-hybridized carbons (Fsp3) is 0.263. The maximum Gasteiger partial charge on any atom is 0.135 e. The lowest BCUT2D eigenvalue weighted by Gasteiger charge is -2.15. The highest BCUT2D eigenvalue weighted by Crippen LogP contribution is 2.58. The first-order valence-corrected chi connectivity index (χ1v) is 8.09. The van der Waals surface area contributed by atoms with E-state index in [1.165, 1.54) is 18.4 Å². The molecule has 1 aromatic carbocycles. The smallest absolute Gasteiger partial charge is 0.135 e. The second-order valence-electron chi connectivity index (χ2n) is 6.64. The van der Waals surface area contributed by atoms with Crippen molar-refractivity contribution in [3.8, 4) is 22.9 Å². The van der Waals surface area contributed by atoms with Crippen molar-refractivity contribution in [1.82, 2.24) is 9.97 Å². The molecule has 1 aliphatic carbocycles. The van der Waals surface area contributed by atoms with Gasteiger partial charge >= 0.3 is 0 Å². The summed E-state index contributed by atoms with van der Waals surface area (Å²) in [5.41, 5.74) is 5.08. The molecule has 3 heterocycles. The lowest BCUT2D eigenvalue weighted by molar-refractivity contribution is 0.408. The first kappa shape index (κ1) is 13.4. The summed E-state index contributed by atoms with van der Waals surface area (Å²) in [6.07, 6.45) is 6.20. The Kier molecular flexibility index (Phi) is 2.53. The van der Waals surface area contributed by atoms with Gasteiger partial charge in [-0.2, -0.15) is 5.26 Å². The van der Waals surface area contributed by atoms with E-state index in [0.717, 1.165) is 40.1 Å². The van der Waals surface area contributed by atoms with Crippen LogP contribution in [0.25, 0.3) is 22.0 Å². The normalized spacial score (nSPS) is 16.7. The second kappa shape index (κ2) is 4.51. The van der Waals surface area contributed by atoms with Crippen molar-refractivity contribution in [1.29, 1.82) is 5.26 Å². The zero-order valence-electron chi connectivity index (χ0n) is 13.3. The summed E-state index contributed by atoms with van der Waals surface area (Å²) in [7, 11) is 1.73. The van der Waals surface area contributed by atoms with Gasteiger partial charge in [0.05, 0.1) is 18.7 Å². The highest BCUT2D eigenvalue weighted by molar-refractivity contribution is 5.98. The number of nitrogens with one attached hydrogen (secondary N) is 2. The molecule has 0 atom stereocenters. The fourth-order valence-electron chi connectivity index (χ4n) is 3.86. The van der Waals surface area contributed by atoms with Gasteiger partial charge in [-0.05, 0) is 31.0 Å². The third-order valence-corrected chi connectivity index (χ3v) is 5.31. The molecule has 0 bridgehead atoms. The molecule has 5 nitrogen and oxygen atoms in total. The van der Waals surface area contributed by atoms with Gasteiger partial charge in [0.25, 0.3) is 0 Å². The minimum absolute atomic E-state index is 0.202. The van der Waals surface area contributed by atoms with Gasteiger partial charge in [0.15, 0.2) is 0 Å². The third-order valence-electron chi connectivity index (χ3n) is 5.31. The number of pyridine rings is 1. The number of hydrogen-bond acceptors (Lipinski definition) is 4. The van der Waals surface area contributed by atoms with Crippen molar-refractivity contribution < 1.29 is 4.74 Å². The summed E-state index contributed by atoms with van der Waals surface area (Å²) < 4.78 is 5.83. The summed E-state index contributed by atoms with van der Waals surface area (Å²) in [4.78, 5) is 7.92. The molecule has 2 aromatic heterocycles. The molecule has 2 aliphatic rings. The van der Waals surface area contributed by atoms with E-state index in [4.69, 9.17) is 4.74 Å². The largest absolute Gasteiger partial charge is 0.496 e. The average Bonchev–Trinajstić information content (AvgIpc) is 3.14.